The summed E-state index contributed by atoms with van der Waals surface area (Å²) in [6.07, 6.45) is -0.0343. The van der Waals surface area contributed by atoms with Gasteiger partial charge < -0.3 is 10.1 Å². The summed E-state index contributed by atoms with van der Waals surface area (Å²) in [4.78, 5) is 38.2. The standard InChI is InChI=1S/C21H21FN2O4/c1-12-4-6-15-16(10-12)21(27)24(20(15)26)9-8-19(25)23-13(2)14-5-7-18(28-3)17(22)11-14/h4-7,10-11,13H,8-9H2,1-3H3,(H,23,25)/t13-/m0/s1. The Balaban J connectivity index is 1.59. The number of carbonyl (C=O) groups excluding carboxylic acids is 3. The lowest BCUT2D eigenvalue weighted by molar-refractivity contribution is -0.121. The van der Waals surface area contributed by atoms with E-state index < -0.39 is 17.8 Å². The van der Waals surface area contributed by atoms with Crippen molar-refractivity contribution >= 4 is 17.7 Å². The molecule has 2 aromatic rings. The van der Waals surface area contributed by atoms with Crippen LogP contribution in [0, 0.1) is 12.7 Å². The van der Waals surface area contributed by atoms with Crippen molar-refractivity contribution in [2.75, 3.05) is 13.7 Å². The van der Waals surface area contributed by atoms with Gasteiger partial charge in [0.1, 0.15) is 0 Å². The Morgan fingerprint density at radius 2 is 1.86 bits per heavy atom. The monoisotopic (exact) mass is 384 g/mol. The van der Waals surface area contributed by atoms with Crippen molar-refractivity contribution < 1.29 is 23.5 Å². The average molecular weight is 384 g/mol. The fraction of sp³-hybridized carbons (Fsp3) is 0.286. The van der Waals surface area contributed by atoms with E-state index in [2.05, 4.69) is 5.32 Å². The number of hydrogen-bond donors (Lipinski definition) is 1. The van der Waals surface area contributed by atoms with Gasteiger partial charge in [-0.15, -0.1) is 0 Å². The molecule has 1 aliphatic heterocycles. The van der Waals surface area contributed by atoms with Crippen LogP contribution in [0.15, 0.2) is 36.4 Å². The highest BCUT2D eigenvalue weighted by Gasteiger charge is 2.35. The van der Waals surface area contributed by atoms with Crippen LogP contribution in [0.3, 0.4) is 0 Å². The average Bonchev–Trinajstić information content (AvgIpc) is 2.89. The van der Waals surface area contributed by atoms with E-state index in [1.165, 1.54) is 19.2 Å². The number of amides is 3. The molecule has 0 saturated carbocycles. The number of carbonyl (C=O) groups is 3. The molecule has 1 atom stereocenters. The molecule has 3 rings (SSSR count). The number of fused-ring (bicyclic) bond motifs is 1. The Labute approximate surface area is 162 Å². The number of ether oxygens (including phenoxy) is 1. The first kappa shape index (κ1) is 19.5. The molecule has 146 valence electrons. The number of nitrogens with one attached hydrogen (secondary N) is 1. The van der Waals surface area contributed by atoms with E-state index in [0.29, 0.717) is 16.7 Å². The second-order valence-corrected chi connectivity index (χ2v) is 6.74. The molecule has 3 amide bonds. The summed E-state index contributed by atoms with van der Waals surface area (Å²) in [7, 11) is 1.38. The maximum atomic E-state index is 13.8. The SMILES string of the molecule is COc1ccc([C@H](C)NC(=O)CCN2C(=O)c3ccc(C)cc3C2=O)cc1F. The number of nitrogens with zero attached hydrogens (tertiary/aromatic N) is 1. The van der Waals surface area contributed by atoms with Crippen molar-refractivity contribution in [3.63, 3.8) is 0 Å². The minimum atomic E-state index is -0.512. The molecule has 0 aromatic heterocycles. The Kier molecular flexibility index (Phi) is 5.44. The van der Waals surface area contributed by atoms with E-state index in [4.69, 9.17) is 4.74 Å². The van der Waals surface area contributed by atoms with Crippen molar-refractivity contribution in [2.24, 2.45) is 0 Å². The zero-order valence-corrected chi connectivity index (χ0v) is 15.9. The van der Waals surface area contributed by atoms with Gasteiger partial charge in [-0.05, 0) is 43.7 Å². The van der Waals surface area contributed by atoms with Gasteiger partial charge in [0, 0.05) is 13.0 Å². The van der Waals surface area contributed by atoms with Gasteiger partial charge in [-0.1, -0.05) is 17.7 Å². The number of imide groups is 1. The molecule has 7 heteroatoms. The van der Waals surface area contributed by atoms with Crippen LogP contribution in [0.1, 0.15) is 51.2 Å². The van der Waals surface area contributed by atoms with Crippen molar-refractivity contribution in [3.05, 3.63) is 64.5 Å². The molecule has 6 nitrogen and oxygen atoms in total. The Morgan fingerprint density at radius 1 is 1.14 bits per heavy atom. The molecule has 0 bridgehead atoms. The Hall–Kier alpha value is -3.22. The normalized spacial score (nSPS) is 14.1. The molecule has 0 fully saturated rings. The predicted octanol–water partition coefficient (Wildman–Crippen LogP) is 3.01. The molecule has 1 heterocycles. The second kappa shape index (κ2) is 7.80. The van der Waals surface area contributed by atoms with Crippen molar-refractivity contribution in [2.45, 2.75) is 26.3 Å². The van der Waals surface area contributed by atoms with Gasteiger partial charge in [0.25, 0.3) is 11.8 Å². The number of benzene rings is 2. The molecular formula is C21H21FN2O4. The minimum Gasteiger partial charge on any atom is -0.494 e. The van der Waals surface area contributed by atoms with Crippen LogP contribution in [0.2, 0.25) is 0 Å². The molecule has 28 heavy (non-hydrogen) atoms. The van der Waals surface area contributed by atoms with Crippen molar-refractivity contribution in [3.8, 4) is 5.75 Å². The van der Waals surface area contributed by atoms with Gasteiger partial charge in [0.2, 0.25) is 5.91 Å². The molecule has 0 spiro atoms. The van der Waals surface area contributed by atoms with Crippen LogP contribution >= 0.6 is 0 Å². The summed E-state index contributed by atoms with van der Waals surface area (Å²) in [6, 6.07) is 9.11. The van der Waals surface area contributed by atoms with Crippen LogP contribution in [-0.4, -0.2) is 36.3 Å². The molecule has 0 radical (unpaired) electrons. The quantitative estimate of drug-likeness (QED) is 0.777. The first-order chi connectivity index (χ1) is 13.3. The second-order valence-electron chi connectivity index (χ2n) is 6.74. The van der Waals surface area contributed by atoms with E-state index >= 15 is 0 Å². The van der Waals surface area contributed by atoms with Crippen LogP contribution in [0.5, 0.6) is 5.75 Å². The van der Waals surface area contributed by atoms with E-state index in [1.807, 2.05) is 6.92 Å². The van der Waals surface area contributed by atoms with E-state index in [-0.39, 0.29) is 30.5 Å². The first-order valence-corrected chi connectivity index (χ1v) is 8.91. The fourth-order valence-corrected chi connectivity index (χ4v) is 3.17. The van der Waals surface area contributed by atoms with Crippen LogP contribution in [0.25, 0.3) is 0 Å². The lowest BCUT2D eigenvalue weighted by atomic mass is 10.1. The lowest BCUT2D eigenvalue weighted by Crippen LogP contribution is -2.35. The first-order valence-electron chi connectivity index (χ1n) is 8.91. The molecular weight excluding hydrogens is 363 g/mol. The lowest BCUT2D eigenvalue weighted by Gasteiger charge is -2.17. The molecule has 1 aliphatic rings. The van der Waals surface area contributed by atoms with Crippen molar-refractivity contribution in [1.82, 2.24) is 10.2 Å². The van der Waals surface area contributed by atoms with E-state index in [9.17, 15) is 18.8 Å². The minimum absolute atomic E-state index is 0.0130. The van der Waals surface area contributed by atoms with Gasteiger partial charge in [-0.2, -0.15) is 0 Å². The summed E-state index contributed by atoms with van der Waals surface area (Å²) in [5.41, 5.74) is 2.20. The van der Waals surface area contributed by atoms with Gasteiger partial charge in [0.15, 0.2) is 11.6 Å². The van der Waals surface area contributed by atoms with E-state index in [1.54, 1.807) is 31.2 Å². The highest BCUT2D eigenvalue weighted by Crippen LogP contribution is 2.24. The highest BCUT2D eigenvalue weighted by atomic mass is 19.1. The number of aryl methyl sites for hydroxylation is 1. The van der Waals surface area contributed by atoms with Crippen molar-refractivity contribution in [1.29, 1.82) is 0 Å². The fourth-order valence-electron chi connectivity index (χ4n) is 3.17. The number of hydrogen-bond acceptors (Lipinski definition) is 4. The molecule has 2 aromatic carbocycles. The number of halogens is 1. The Morgan fingerprint density at radius 3 is 2.54 bits per heavy atom. The number of methoxy groups -OCH3 is 1. The molecule has 0 saturated heterocycles. The van der Waals surface area contributed by atoms with Gasteiger partial charge >= 0.3 is 0 Å². The topological polar surface area (TPSA) is 75.7 Å². The Bertz CT molecular complexity index is 957. The highest BCUT2D eigenvalue weighted by molar-refractivity contribution is 6.21. The van der Waals surface area contributed by atoms with E-state index in [0.717, 1.165) is 10.5 Å². The maximum absolute atomic E-state index is 13.8. The smallest absolute Gasteiger partial charge is 0.261 e. The zero-order chi connectivity index (χ0) is 20.4. The summed E-state index contributed by atoms with van der Waals surface area (Å²) >= 11 is 0. The van der Waals surface area contributed by atoms with Gasteiger partial charge in [0.05, 0.1) is 24.3 Å². The summed E-state index contributed by atoms with van der Waals surface area (Å²) in [5, 5.41) is 2.75. The van der Waals surface area contributed by atoms with Crippen LogP contribution < -0.4 is 10.1 Å². The predicted molar refractivity (Wildman–Crippen MR) is 101 cm³/mol. The summed E-state index contributed by atoms with van der Waals surface area (Å²) in [5.74, 6) is -1.50. The molecule has 1 N–H and O–H groups in total. The largest absolute Gasteiger partial charge is 0.494 e. The molecule has 0 unspecified atom stereocenters. The van der Waals surface area contributed by atoms with Crippen LogP contribution in [-0.2, 0) is 4.79 Å². The third kappa shape index (κ3) is 3.74. The summed E-state index contributed by atoms with van der Waals surface area (Å²) < 4.78 is 18.7. The van der Waals surface area contributed by atoms with Gasteiger partial charge in [-0.25, -0.2) is 4.39 Å². The third-order valence-electron chi connectivity index (χ3n) is 4.74. The number of rotatable bonds is 6. The van der Waals surface area contributed by atoms with Gasteiger partial charge in [-0.3, -0.25) is 19.3 Å². The van der Waals surface area contributed by atoms with Crippen LogP contribution in [0.4, 0.5) is 4.39 Å². The maximum Gasteiger partial charge on any atom is 0.261 e. The summed E-state index contributed by atoms with van der Waals surface area (Å²) in [6.45, 7) is 3.56. The third-order valence-corrected chi connectivity index (χ3v) is 4.74. The zero-order valence-electron chi connectivity index (χ0n) is 15.9. The molecule has 0 aliphatic carbocycles.